The lowest BCUT2D eigenvalue weighted by molar-refractivity contribution is -0.137. The number of rotatable bonds is 7. The van der Waals surface area contributed by atoms with E-state index in [4.69, 9.17) is 9.84 Å². The van der Waals surface area contributed by atoms with Crippen LogP contribution in [0.5, 0.6) is 0 Å². The molecular weight excluding hydrogens is 332 g/mol. The second kappa shape index (κ2) is 10.2. The second-order valence-corrected chi connectivity index (χ2v) is 7.22. The minimum absolute atomic E-state index is 0.0369. The number of amides is 2. The van der Waals surface area contributed by atoms with Gasteiger partial charge in [-0.1, -0.05) is 44.2 Å². The van der Waals surface area contributed by atoms with Gasteiger partial charge in [0.1, 0.15) is 0 Å². The van der Waals surface area contributed by atoms with Gasteiger partial charge in [0.25, 0.3) is 0 Å². The van der Waals surface area contributed by atoms with Crippen molar-refractivity contribution in [2.24, 2.45) is 5.92 Å². The van der Waals surface area contributed by atoms with E-state index in [1.165, 1.54) is 0 Å². The van der Waals surface area contributed by atoms with Gasteiger partial charge in [0.2, 0.25) is 0 Å². The number of carboxylic acids is 1. The van der Waals surface area contributed by atoms with Crippen molar-refractivity contribution in [2.45, 2.75) is 51.7 Å². The molecule has 1 aromatic carbocycles. The van der Waals surface area contributed by atoms with Crippen molar-refractivity contribution >= 4 is 12.0 Å². The van der Waals surface area contributed by atoms with E-state index in [0.717, 1.165) is 12.0 Å². The first-order valence-corrected chi connectivity index (χ1v) is 9.38. The first-order valence-electron chi connectivity index (χ1n) is 9.38. The molecule has 1 aliphatic rings. The third kappa shape index (κ3) is 6.67. The number of nitrogens with zero attached hydrogens (tertiary/aromatic N) is 1. The van der Waals surface area contributed by atoms with Crippen molar-refractivity contribution in [3.8, 4) is 0 Å². The maximum Gasteiger partial charge on any atom is 0.317 e. The molecule has 1 aromatic rings. The standard InChI is InChI=1S/C20H30N2O4/c1-15(2)18-14-22(11-6-12-26-18)20(25)21-17(9-10-19(23)24)13-16-7-4-3-5-8-16/h3-5,7-8,15,17-18H,6,9-14H2,1-2H3,(H,21,25)(H,23,24). The molecule has 2 rings (SSSR count). The summed E-state index contributed by atoms with van der Waals surface area (Å²) < 4.78 is 5.82. The van der Waals surface area contributed by atoms with E-state index in [0.29, 0.717) is 38.5 Å². The number of ether oxygens (including phenoxy) is 1. The summed E-state index contributed by atoms with van der Waals surface area (Å²) >= 11 is 0. The van der Waals surface area contributed by atoms with Crippen molar-refractivity contribution in [2.75, 3.05) is 19.7 Å². The number of aliphatic carboxylic acids is 1. The highest BCUT2D eigenvalue weighted by molar-refractivity contribution is 5.75. The van der Waals surface area contributed by atoms with Crippen LogP contribution in [-0.2, 0) is 16.0 Å². The van der Waals surface area contributed by atoms with Crippen molar-refractivity contribution in [1.82, 2.24) is 10.2 Å². The number of benzene rings is 1. The molecule has 2 unspecified atom stereocenters. The first kappa shape index (κ1) is 20.2. The lowest BCUT2D eigenvalue weighted by Gasteiger charge is -2.28. The predicted molar refractivity (Wildman–Crippen MR) is 100 cm³/mol. The van der Waals surface area contributed by atoms with E-state index in [1.54, 1.807) is 4.90 Å². The van der Waals surface area contributed by atoms with Gasteiger partial charge in [-0.3, -0.25) is 4.79 Å². The van der Waals surface area contributed by atoms with Gasteiger partial charge in [-0.05, 0) is 30.7 Å². The highest BCUT2D eigenvalue weighted by Crippen LogP contribution is 2.15. The van der Waals surface area contributed by atoms with Gasteiger partial charge >= 0.3 is 12.0 Å². The third-order valence-corrected chi connectivity index (χ3v) is 4.69. The fourth-order valence-corrected chi connectivity index (χ4v) is 3.13. The number of nitrogens with one attached hydrogen (secondary N) is 1. The Morgan fingerprint density at radius 1 is 1.31 bits per heavy atom. The van der Waals surface area contributed by atoms with Crippen LogP contribution >= 0.6 is 0 Å². The van der Waals surface area contributed by atoms with E-state index >= 15 is 0 Å². The molecule has 2 amide bonds. The molecule has 144 valence electrons. The summed E-state index contributed by atoms with van der Waals surface area (Å²) in [5, 5.41) is 12.1. The average molecular weight is 362 g/mol. The highest BCUT2D eigenvalue weighted by Gasteiger charge is 2.26. The topological polar surface area (TPSA) is 78.9 Å². The fourth-order valence-electron chi connectivity index (χ4n) is 3.13. The minimum Gasteiger partial charge on any atom is -0.481 e. The number of carbonyl (C=O) groups is 2. The molecule has 0 saturated carbocycles. The van der Waals surface area contributed by atoms with Gasteiger partial charge in [-0.25, -0.2) is 4.79 Å². The van der Waals surface area contributed by atoms with Gasteiger partial charge in [-0.2, -0.15) is 0 Å². The molecule has 1 fully saturated rings. The summed E-state index contributed by atoms with van der Waals surface area (Å²) in [6.45, 7) is 6.08. The summed E-state index contributed by atoms with van der Waals surface area (Å²) in [7, 11) is 0. The molecule has 1 heterocycles. The molecule has 0 spiro atoms. The predicted octanol–water partition coefficient (Wildman–Crippen LogP) is 2.92. The fraction of sp³-hybridized carbons (Fsp3) is 0.600. The van der Waals surface area contributed by atoms with Gasteiger partial charge in [-0.15, -0.1) is 0 Å². The number of hydrogen-bond acceptors (Lipinski definition) is 3. The summed E-state index contributed by atoms with van der Waals surface area (Å²) in [6.07, 6.45) is 1.92. The maximum atomic E-state index is 12.8. The van der Waals surface area contributed by atoms with Crippen LogP contribution in [0.15, 0.2) is 30.3 Å². The Balaban J connectivity index is 2.00. The molecule has 2 atom stereocenters. The quantitative estimate of drug-likeness (QED) is 0.782. The Morgan fingerprint density at radius 2 is 2.04 bits per heavy atom. The largest absolute Gasteiger partial charge is 0.481 e. The van der Waals surface area contributed by atoms with E-state index in [1.807, 2.05) is 30.3 Å². The van der Waals surface area contributed by atoms with Gasteiger partial charge in [0, 0.05) is 32.2 Å². The lowest BCUT2D eigenvalue weighted by Crippen LogP contribution is -2.48. The molecule has 0 aliphatic carbocycles. The van der Waals surface area contributed by atoms with Crippen LogP contribution in [0.1, 0.15) is 38.7 Å². The monoisotopic (exact) mass is 362 g/mol. The molecule has 0 aromatic heterocycles. The van der Waals surface area contributed by atoms with E-state index in [9.17, 15) is 9.59 Å². The summed E-state index contributed by atoms with van der Waals surface area (Å²) in [6, 6.07) is 9.49. The molecule has 6 heteroatoms. The van der Waals surface area contributed by atoms with E-state index < -0.39 is 5.97 Å². The molecule has 1 aliphatic heterocycles. The van der Waals surface area contributed by atoms with Crippen molar-refractivity contribution in [3.63, 3.8) is 0 Å². The van der Waals surface area contributed by atoms with Crippen LogP contribution in [0.2, 0.25) is 0 Å². The number of carbonyl (C=O) groups excluding carboxylic acids is 1. The Morgan fingerprint density at radius 3 is 2.69 bits per heavy atom. The third-order valence-electron chi connectivity index (χ3n) is 4.69. The first-order chi connectivity index (χ1) is 12.5. The van der Waals surface area contributed by atoms with Crippen LogP contribution < -0.4 is 5.32 Å². The average Bonchev–Trinajstić information content (AvgIpc) is 2.87. The Labute approximate surface area is 155 Å². The number of urea groups is 1. The lowest BCUT2D eigenvalue weighted by atomic mass is 10.0. The van der Waals surface area contributed by atoms with Gasteiger partial charge in [0.15, 0.2) is 0 Å². The molecule has 2 N–H and O–H groups in total. The Hall–Kier alpha value is -2.08. The normalized spacial score (nSPS) is 19.0. The summed E-state index contributed by atoms with van der Waals surface area (Å²) in [5.74, 6) is -0.504. The zero-order chi connectivity index (χ0) is 18.9. The van der Waals surface area contributed by atoms with Crippen LogP contribution in [-0.4, -0.2) is 53.8 Å². The molecular formula is C20H30N2O4. The summed E-state index contributed by atoms with van der Waals surface area (Å²) in [5.41, 5.74) is 1.09. The van der Waals surface area contributed by atoms with Crippen LogP contribution in [0.4, 0.5) is 4.79 Å². The molecule has 0 bridgehead atoms. The van der Waals surface area contributed by atoms with Crippen LogP contribution in [0, 0.1) is 5.92 Å². The van der Waals surface area contributed by atoms with Gasteiger partial charge in [0.05, 0.1) is 6.10 Å². The zero-order valence-electron chi connectivity index (χ0n) is 15.7. The zero-order valence-corrected chi connectivity index (χ0v) is 15.7. The second-order valence-electron chi connectivity index (χ2n) is 7.22. The van der Waals surface area contributed by atoms with E-state index in [2.05, 4.69) is 19.2 Å². The molecule has 6 nitrogen and oxygen atoms in total. The number of hydrogen-bond donors (Lipinski definition) is 2. The van der Waals surface area contributed by atoms with E-state index in [-0.39, 0.29) is 24.6 Å². The maximum absolute atomic E-state index is 12.8. The van der Waals surface area contributed by atoms with Gasteiger partial charge < -0.3 is 20.1 Å². The minimum atomic E-state index is -0.847. The molecule has 26 heavy (non-hydrogen) atoms. The molecule has 1 saturated heterocycles. The smallest absolute Gasteiger partial charge is 0.317 e. The van der Waals surface area contributed by atoms with Crippen LogP contribution in [0.3, 0.4) is 0 Å². The van der Waals surface area contributed by atoms with Crippen molar-refractivity contribution in [1.29, 1.82) is 0 Å². The highest BCUT2D eigenvalue weighted by atomic mass is 16.5. The summed E-state index contributed by atoms with van der Waals surface area (Å²) in [4.78, 5) is 25.5. The van der Waals surface area contributed by atoms with Crippen LogP contribution in [0.25, 0.3) is 0 Å². The Bertz CT molecular complexity index is 576. The molecule has 0 radical (unpaired) electrons. The Kier molecular flexibility index (Phi) is 7.91. The SMILES string of the molecule is CC(C)C1CN(C(=O)NC(CCC(=O)O)Cc2ccccc2)CCCO1. The number of carboxylic acid groups (broad SMARTS) is 1. The van der Waals surface area contributed by atoms with Crippen molar-refractivity contribution < 1.29 is 19.4 Å². The van der Waals surface area contributed by atoms with Crippen molar-refractivity contribution in [3.05, 3.63) is 35.9 Å².